The summed E-state index contributed by atoms with van der Waals surface area (Å²) in [6, 6.07) is 14.7. The van der Waals surface area contributed by atoms with Crippen LogP contribution in [0.3, 0.4) is 0 Å². The molecule has 0 spiro atoms. The van der Waals surface area contributed by atoms with Crippen LogP contribution in [0.25, 0.3) is 0 Å². The van der Waals surface area contributed by atoms with Gasteiger partial charge in [0.2, 0.25) is 5.91 Å². The standard InChI is InChI=1S/C23H28N4O2.HI/c1-24-23(25-11-8-17-6-7-21-19(14-17)10-13-29-21)26-15-22(28)27-12-9-18-4-2-3-5-20(18)16-27;/h2-7,14H,8-13,15-16H2,1H3,(H2,24,25,26);1H. The molecule has 0 radical (unpaired) electrons. The monoisotopic (exact) mass is 520 g/mol. The van der Waals surface area contributed by atoms with Crippen LogP contribution in [0.5, 0.6) is 5.75 Å². The van der Waals surface area contributed by atoms with E-state index in [1.54, 1.807) is 7.05 Å². The second-order valence-corrected chi connectivity index (χ2v) is 7.48. The molecule has 0 aromatic heterocycles. The lowest BCUT2D eigenvalue weighted by atomic mass is 10.00. The lowest BCUT2D eigenvalue weighted by Gasteiger charge is -2.29. The Balaban J connectivity index is 0.00000256. The number of benzene rings is 2. The topological polar surface area (TPSA) is 66.0 Å². The fraction of sp³-hybridized carbons (Fsp3) is 0.391. The lowest BCUT2D eigenvalue weighted by molar-refractivity contribution is -0.130. The summed E-state index contributed by atoms with van der Waals surface area (Å²) in [6.07, 6.45) is 2.80. The van der Waals surface area contributed by atoms with Crippen molar-refractivity contribution in [2.24, 2.45) is 4.99 Å². The van der Waals surface area contributed by atoms with Crippen LogP contribution in [0.15, 0.2) is 47.5 Å². The molecular weight excluding hydrogens is 491 g/mol. The highest BCUT2D eigenvalue weighted by Crippen LogP contribution is 2.25. The van der Waals surface area contributed by atoms with Crippen molar-refractivity contribution in [3.8, 4) is 5.75 Å². The van der Waals surface area contributed by atoms with Gasteiger partial charge in [-0.15, -0.1) is 24.0 Å². The average Bonchev–Trinajstić information content (AvgIpc) is 3.23. The molecule has 2 aliphatic heterocycles. The number of nitrogens with one attached hydrogen (secondary N) is 2. The van der Waals surface area contributed by atoms with Crippen LogP contribution in [-0.2, 0) is 30.6 Å². The van der Waals surface area contributed by atoms with E-state index in [0.717, 1.165) is 44.7 Å². The van der Waals surface area contributed by atoms with Crippen LogP contribution < -0.4 is 15.4 Å². The predicted octanol–water partition coefficient (Wildman–Crippen LogP) is 2.53. The molecule has 2 aliphatic rings. The molecule has 0 aliphatic carbocycles. The Morgan fingerprint density at radius 1 is 1.10 bits per heavy atom. The smallest absolute Gasteiger partial charge is 0.242 e. The van der Waals surface area contributed by atoms with Crippen LogP contribution in [0, 0.1) is 0 Å². The molecular formula is C23H29IN4O2. The highest BCUT2D eigenvalue weighted by atomic mass is 127. The molecule has 0 fully saturated rings. The fourth-order valence-electron chi connectivity index (χ4n) is 3.92. The van der Waals surface area contributed by atoms with Gasteiger partial charge in [0.15, 0.2) is 5.96 Å². The number of amides is 1. The summed E-state index contributed by atoms with van der Waals surface area (Å²) in [6.45, 7) is 3.24. The number of hydrogen-bond acceptors (Lipinski definition) is 3. The molecule has 2 N–H and O–H groups in total. The van der Waals surface area contributed by atoms with Crippen LogP contribution in [-0.4, -0.2) is 50.1 Å². The van der Waals surface area contributed by atoms with E-state index in [2.05, 4.69) is 52.0 Å². The maximum Gasteiger partial charge on any atom is 0.242 e. The van der Waals surface area contributed by atoms with Gasteiger partial charge in [0.1, 0.15) is 5.75 Å². The number of aliphatic imine (C=N–C) groups is 1. The molecule has 30 heavy (non-hydrogen) atoms. The summed E-state index contributed by atoms with van der Waals surface area (Å²) in [5.74, 6) is 1.76. The number of rotatable bonds is 5. The van der Waals surface area contributed by atoms with Gasteiger partial charge in [0.25, 0.3) is 0 Å². The Bertz CT molecular complexity index is 916. The number of hydrogen-bond donors (Lipinski definition) is 2. The normalized spacial score (nSPS) is 14.8. The third kappa shape index (κ3) is 5.44. The van der Waals surface area contributed by atoms with Crippen LogP contribution >= 0.6 is 24.0 Å². The summed E-state index contributed by atoms with van der Waals surface area (Å²) in [5, 5.41) is 6.44. The first-order chi connectivity index (χ1) is 14.2. The van der Waals surface area contributed by atoms with Gasteiger partial charge in [-0.25, -0.2) is 0 Å². The van der Waals surface area contributed by atoms with Gasteiger partial charge in [-0.05, 0) is 41.2 Å². The van der Waals surface area contributed by atoms with Gasteiger partial charge >= 0.3 is 0 Å². The van der Waals surface area contributed by atoms with Crippen molar-refractivity contribution in [3.05, 3.63) is 64.7 Å². The van der Waals surface area contributed by atoms with Crippen molar-refractivity contribution >= 4 is 35.8 Å². The molecule has 6 nitrogen and oxygen atoms in total. The maximum atomic E-state index is 12.6. The van der Waals surface area contributed by atoms with Gasteiger partial charge in [-0.3, -0.25) is 9.79 Å². The van der Waals surface area contributed by atoms with E-state index in [9.17, 15) is 4.79 Å². The first-order valence-corrected chi connectivity index (χ1v) is 10.3. The lowest BCUT2D eigenvalue weighted by Crippen LogP contribution is -2.46. The second-order valence-electron chi connectivity index (χ2n) is 7.48. The number of nitrogens with zero attached hydrogens (tertiary/aromatic N) is 2. The van der Waals surface area contributed by atoms with E-state index in [4.69, 9.17) is 4.74 Å². The first-order valence-electron chi connectivity index (χ1n) is 10.3. The molecule has 2 aromatic rings. The van der Waals surface area contributed by atoms with E-state index in [1.807, 2.05) is 11.0 Å². The fourth-order valence-corrected chi connectivity index (χ4v) is 3.92. The van der Waals surface area contributed by atoms with Gasteiger partial charge in [-0.1, -0.05) is 36.4 Å². The minimum Gasteiger partial charge on any atom is -0.493 e. The number of carbonyl (C=O) groups excluding carboxylic acids is 1. The largest absolute Gasteiger partial charge is 0.493 e. The van der Waals surface area contributed by atoms with E-state index in [1.165, 1.54) is 22.3 Å². The van der Waals surface area contributed by atoms with Crippen molar-refractivity contribution < 1.29 is 9.53 Å². The number of carbonyl (C=O) groups is 1. The third-order valence-corrected chi connectivity index (χ3v) is 5.57. The number of fused-ring (bicyclic) bond motifs is 2. The Labute approximate surface area is 195 Å². The zero-order valence-electron chi connectivity index (χ0n) is 17.3. The van der Waals surface area contributed by atoms with E-state index < -0.39 is 0 Å². The van der Waals surface area contributed by atoms with Crippen molar-refractivity contribution in [3.63, 3.8) is 0 Å². The Hall–Kier alpha value is -2.29. The predicted molar refractivity (Wildman–Crippen MR) is 130 cm³/mol. The minimum absolute atomic E-state index is 0. The molecule has 0 saturated carbocycles. The molecule has 4 rings (SSSR count). The van der Waals surface area contributed by atoms with E-state index in [-0.39, 0.29) is 36.4 Å². The highest BCUT2D eigenvalue weighted by Gasteiger charge is 2.20. The minimum atomic E-state index is 0. The number of ether oxygens (including phenoxy) is 1. The van der Waals surface area contributed by atoms with E-state index >= 15 is 0 Å². The SMILES string of the molecule is CN=C(NCCc1ccc2c(c1)CCO2)NCC(=O)N1CCc2ccccc2C1.I. The molecule has 0 unspecified atom stereocenters. The highest BCUT2D eigenvalue weighted by molar-refractivity contribution is 14.0. The van der Waals surface area contributed by atoms with Crippen LogP contribution in [0.4, 0.5) is 0 Å². The van der Waals surface area contributed by atoms with Crippen molar-refractivity contribution in [2.75, 3.05) is 33.3 Å². The second kappa shape index (κ2) is 10.7. The van der Waals surface area contributed by atoms with Gasteiger partial charge in [-0.2, -0.15) is 0 Å². The van der Waals surface area contributed by atoms with Crippen molar-refractivity contribution in [2.45, 2.75) is 25.8 Å². The van der Waals surface area contributed by atoms with Gasteiger partial charge in [0, 0.05) is 33.1 Å². The summed E-state index contributed by atoms with van der Waals surface area (Å²) in [5.41, 5.74) is 5.16. The first kappa shape index (κ1) is 22.4. The van der Waals surface area contributed by atoms with E-state index in [0.29, 0.717) is 12.5 Å². The molecule has 2 heterocycles. The molecule has 2 aromatic carbocycles. The number of guanidine groups is 1. The Kier molecular flexibility index (Phi) is 7.95. The molecule has 0 atom stereocenters. The van der Waals surface area contributed by atoms with Gasteiger partial charge < -0.3 is 20.3 Å². The summed E-state index contributed by atoms with van der Waals surface area (Å²) in [7, 11) is 1.73. The molecule has 0 saturated heterocycles. The van der Waals surface area contributed by atoms with Crippen LogP contribution in [0.1, 0.15) is 22.3 Å². The molecule has 1 amide bonds. The third-order valence-electron chi connectivity index (χ3n) is 5.57. The van der Waals surface area contributed by atoms with Crippen molar-refractivity contribution in [1.82, 2.24) is 15.5 Å². The Morgan fingerprint density at radius 2 is 1.93 bits per heavy atom. The quantitative estimate of drug-likeness (QED) is 0.362. The molecule has 160 valence electrons. The summed E-state index contributed by atoms with van der Waals surface area (Å²) >= 11 is 0. The van der Waals surface area contributed by atoms with Gasteiger partial charge in [0.05, 0.1) is 13.2 Å². The average molecular weight is 520 g/mol. The zero-order valence-corrected chi connectivity index (χ0v) is 19.6. The molecule has 0 bridgehead atoms. The maximum absolute atomic E-state index is 12.6. The molecule has 7 heteroatoms. The summed E-state index contributed by atoms with van der Waals surface area (Å²) in [4.78, 5) is 18.7. The number of halogens is 1. The summed E-state index contributed by atoms with van der Waals surface area (Å²) < 4.78 is 5.56. The van der Waals surface area contributed by atoms with Crippen LogP contribution in [0.2, 0.25) is 0 Å². The Morgan fingerprint density at radius 3 is 2.77 bits per heavy atom. The van der Waals surface area contributed by atoms with Crippen molar-refractivity contribution in [1.29, 1.82) is 0 Å². The zero-order chi connectivity index (χ0) is 20.1.